The summed E-state index contributed by atoms with van der Waals surface area (Å²) in [5, 5.41) is 0.516. The van der Waals surface area contributed by atoms with Crippen LogP contribution >= 0.6 is 23.5 Å². The maximum absolute atomic E-state index is 13.6. The number of imide groups is 1. The smallest absolute Gasteiger partial charge is 0.238 e. The summed E-state index contributed by atoms with van der Waals surface area (Å²) >= 11 is 3.25. The first kappa shape index (κ1) is 19.2. The zero-order valence-corrected chi connectivity index (χ0v) is 18.9. The monoisotopic (exact) mass is 459 g/mol. The van der Waals surface area contributed by atoms with Crippen molar-refractivity contribution in [2.75, 3.05) is 4.90 Å². The van der Waals surface area contributed by atoms with Gasteiger partial charge in [-0.1, -0.05) is 60.3 Å². The van der Waals surface area contributed by atoms with E-state index >= 15 is 0 Å². The molecule has 0 aromatic heterocycles. The highest BCUT2D eigenvalue weighted by molar-refractivity contribution is 8.18. The van der Waals surface area contributed by atoms with Crippen LogP contribution in [0.1, 0.15) is 24.3 Å². The van der Waals surface area contributed by atoms with Crippen LogP contribution < -0.4 is 4.90 Å². The first-order valence-electron chi connectivity index (χ1n) is 11.2. The van der Waals surface area contributed by atoms with Crippen molar-refractivity contribution >= 4 is 46.1 Å². The predicted molar refractivity (Wildman–Crippen MR) is 126 cm³/mol. The maximum Gasteiger partial charge on any atom is 0.238 e. The fourth-order valence-corrected chi connectivity index (χ4v) is 10.2. The van der Waals surface area contributed by atoms with Crippen molar-refractivity contribution in [3.05, 3.63) is 76.0 Å². The number of amides is 2. The number of anilines is 1. The number of carbonyl (C=O) groups excluding carboxylic acids is 3. The lowest BCUT2D eigenvalue weighted by atomic mass is 9.68. The standard InChI is InChI=1S/C26H21NO3S2/c28-18-12-17-24(32-18)19(13-7-3-1-4-8-13)20-15-11-16(23(20)31-17)22-21(15)25(29)27(26(22)30)14-9-5-2-6-10-14/h1-10,15-16,19-23H,11-12H2/t15-,16-,19-,20-,21-,22+,23-/m1/s1. The molecule has 32 heavy (non-hydrogen) atoms. The molecule has 2 aromatic rings. The van der Waals surface area contributed by atoms with E-state index in [-0.39, 0.29) is 46.5 Å². The highest BCUT2D eigenvalue weighted by Gasteiger charge is 2.69. The molecule has 1 saturated heterocycles. The third-order valence-corrected chi connectivity index (χ3v) is 10.9. The second-order valence-corrected chi connectivity index (χ2v) is 11.8. The van der Waals surface area contributed by atoms with Crippen LogP contribution in [0, 0.1) is 29.6 Å². The minimum atomic E-state index is -0.231. The Kier molecular flexibility index (Phi) is 4.10. The van der Waals surface area contributed by atoms with Gasteiger partial charge in [0.1, 0.15) is 0 Å². The van der Waals surface area contributed by atoms with Crippen LogP contribution in [0.5, 0.6) is 0 Å². The van der Waals surface area contributed by atoms with Crippen molar-refractivity contribution < 1.29 is 14.4 Å². The summed E-state index contributed by atoms with van der Waals surface area (Å²) in [6.07, 6.45) is 1.45. The Hall–Kier alpha value is -2.31. The number of hydrogen-bond acceptors (Lipinski definition) is 5. The van der Waals surface area contributed by atoms with E-state index in [0.717, 1.165) is 6.42 Å². The molecule has 3 heterocycles. The molecule has 0 spiro atoms. The number of hydrogen-bond donors (Lipinski definition) is 0. The molecule has 6 heteroatoms. The van der Waals surface area contributed by atoms with E-state index in [9.17, 15) is 14.4 Å². The highest BCUT2D eigenvalue weighted by Crippen LogP contribution is 2.70. The largest absolute Gasteiger partial charge is 0.286 e. The molecule has 2 amide bonds. The van der Waals surface area contributed by atoms with Crippen molar-refractivity contribution in [1.82, 2.24) is 0 Å². The van der Waals surface area contributed by atoms with Gasteiger partial charge in [0.2, 0.25) is 11.8 Å². The number of carbonyl (C=O) groups is 3. The zero-order valence-electron chi connectivity index (χ0n) is 17.2. The molecule has 0 radical (unpaired) electrons. The number of benzene rings is 2. The molecule has 3 fully saturated rings. The molecule has 0 unspecified atom stereocenters. The normalized spacial score (nSPS) is 37.2. The average molecular weight is 460 g/mol. The quantitative estimate of drug-likeness (QED) is 0.602. The van der Waals surface area contributed by atoms with Crippen molar-refractivity contribution in [2.24, 2.45) is 29.6 Å². The number of thioether (sulfide) groups is 2. The van der Waals surface area contributed by atoms with E-state index in [4.69, 9.17) is 0 Å². The lowest BCUT2D eigenvalue weighted by Crippen LogP contribution is -2.42. The molecular weight excluding hydrogens is 438 g/mol. The van der Waals surface area contributed by atoms with Gasteiger partial charge in [-0.05, 0) is 41.9 Å². The third-order valence-electron chi connectivity index (χ3n) is 8.08. The van der Waals surface area contributed by atoms with E-state index in [0.29, 0.717) is 23.3 Å². The minimum absolute atomic E-state index is 0.0225. The lowest BCUT2D eigenvalue weighted by molar-refractivity contribution is -0.123. The van der Waals surface area contributed by atoms with Crippen LogP contribution in [-0.2, 0) is 14.4 Å². The van der Waals surface area contributed by atoms with Crippen molar-refractivity contribution in [3.63, 3.8) is 0 Å². The van der Waals surface area contributed by atoms with Gasteiger partial charge < -0.3 is 0 Å². The number of fused-ring (bicyclic) bond motifs is 8. The zero-order chi connectivity index (χ0) is 21.6. The summed E-state index contributed by atoms with van der Waals surface area (Å²) in [5.74, 6) is 0.329. The molecule has 2 aliphatic carbocycles. The summed E-state index contributed by atoms with van der Waals surface area (Å²) in [5.41, 5.74) is 1.92. The molecule has 2 saturated carbocycles. The van der Waals surface area contributed by atoms with E-state index in [1.807, 2.05) is 48.2 Å². The molecule has 2 bridgehead atoms. The van der Waals surface area contributed by atoms with Gasteiger partial charge in [0.05, 0.1) is 17.5 Å². The predicted octanol–water partition coefficient (Wildman–Crippen LogP) is 4.83. The molecule has 3 aliphatic heterocycles. The van der Waals surface area contributed by atoms with Gasteiger partial charge in [0.15, 0.2) is 5.12 Å². The van der Waals surface area contributed by atoms with E-state index < -0.39 is 0 Å². The van der Waals surface area contributed by atoms with Crippen LogP contribution in [0.4, 0.5) is 5.69 Å². The number of nitrogens with zero attached hydrogens (tertiary/aromatic N) is 1. The summed E-state index contributed by atoms with van der Waals surface area (Å²) in [6.45, 7) is 0. The second-order valence-electron chi connectivity index (χ2n) is 9.45. The first-order valence-corrected chi connectivity index (χ1v) is 12.9. The van der Waals surface area contributed by atoms with Gasteiger partial charge in [0.25, 0.3) is 0 Å². The number of rotatable bonds is 2. The summed E-state index contributed by atoms with van der Waals surface area (Å²) in [6, 6.07) is 19.8. The lowest BCUT2D eigenvalue weighted by Gasteiger charge is -2.44. The maximum atomic E-state index is 13.6. The molecule has 5 aliphatic rings. The van der Waals surface area contributed by atoms with Crippen molar-refractivity contribution in [2.45, 2.75) is 24.0 Å². The van der Waals surface area contributed by atoms with Gasteiger partial charge >= 0.3 is 0 Å². The minimum Gasteiger partial charge on any atom is -0.286 e. The molecule has 2 aromatic carbocycles. The fraction of sp³-hybridized carbons (Fsp3) is 0.346. The second kappa shape index (κ2) is 6.84. The highest BCUT2D eigenvalue weighted by atomic mass is 32.2. The van der Waals surface area contributed by atoms with Crippen LogP contribution in [0.3, 0.4) is 0 Å². The number of para-hydroxylation sites is 1. The Morgan fingerprint density at radius 2 is 1.47 bits per heavy atom. The van der Waals surface area contributed by atoms with Gasteiger partial charge in [-0.25, -0.2) is 0 Å². The molecule has 7 rings (SSSR count). The summed E-state index contributed by atoms with van der Waals surface area (Å²) in [7, 11) is 0. The van der Waals surface area contributed by atoms with Gasteiger partial charge in [-0.2, -0.15) is 0 Å². The Balaban J connectivity index is 1.32. The SMILES string of the molecule is O=C1CC2=C(S1)[C@H](c1ccccc1)[C@H]1[C@H]3C[C@@H]([C@H]1S2)[C@@H]1C(=O)N(c2ccccc2)C(=O)[C@H]31. The fourth-order valence-electron chi connectivity index (χ4n) is 7.06. The molecule has 0 N–H and O–H groups in total. The molecule has 160 valence electrons. The van der Waals surface area contributed by atoms with Gasteiger partial charge in [-0.3, -0.25) is 19.3 Å². The average Bonchev–Trinajstić information content (AvgIpc) is 3.53. The Bertz CT molecular complexity index is 1190. The van der Waals surface area contributed by atoms with Crippen LogP contribution in [0.2, 0.25) is 0 Å². The van der Waals surface area contributed by atoms with E-state index in [1.54, 1.807) is 0 Å². The van der Waals surface area contributed by atoms with Gasteiger partial charge in [0, 0.05) is 27.4 Å². The van der Waals surface area contributed by atoms with Crippen LogP contribution in [0.15, 0.2) is 70.5 Å². The van der Waals surface area contributed by atoms with Crippen LogP contribution in [-0.4, -0.2) is 22.2 Å². The summed E-state index contributed by atoms with van der Waals surface area (Å²) < 4.78 is 0. The third kappa shape index (κ3) is 2.45. The van der Waals surface area contributed by atoms with Crippen molar-refractivity contribution in [1.29, 1.82) is 0 Å². The summed E-state index contributed by atoms with van der Waals surface area (Å²) in [4.78, 5) is 43.4. The van der Waals surface area contributed by atoms with Crippen molar-refractivity contribution in [3.8, 4) is 0 Å². The van der Waals surface area contributed by atoms with E-state index in [2.05, 4.69) is 24.3 Å². The topological polar surface area (TPSA) is 54.5 Å². The Morgan fingerprint density at radius 1 is 0.812 bits per heavy atom. The number of allylic oxidation sites excluding steroid dienone is 2. The Morgan fingerprint density at radius 3 is 2.19 bits per heavy atom. The van der Waals surface area contributed by atoms with E-state index in [1.165, 1.54) is 32.0 Å². The molecule has 4 nitrogen and oxygen atoms in total. The molecular formula is C26H21NO3S2. The Labute approximate surface area is 194 Å². The van der Waals surface area contributed by atoms with Crippen LogP contribution in [0.25, 0.3) is 0 Å². The molecule has 7 atom stereocenters. The first-order chi connectivity index (χ1) is 15.6. The van der Waals surface area contributed by atoms with Gasteiger partial charge in [-0.15, -0.1) is 11.8 Å².